The summed E-state index contributed by atoms with van der Waals surface area (Å²) in [5.74, 6) is -1.94. The first kappa shape index (κ1) is 29.1. The first-order chi connectivity index (χ1) is 18.0. The van der Waals surface area contributed by atoms with E-state index in [2.05, 4.69) is 15.9 Å². The predicted octanol–water partition coefficient (Wildman–Crippen LogP) is 3.83. The average Bonchev–Trinajstić information content (AvgIpc) is 2.84. The number of benzene rings is 2. The highest BCUT2D eigenvalue weighted by molar-refractivity contribution is 9.10. The lowest BCUT2D eigenvalue weighted by molar-refractivity contribution is -0.254. The Balaban J connectivity index is 2.01. The first-order valence-electron chi connectivity index (χ1n) is 11.8. The number of rotatable bonds is 9. The molecule has 11 heteroatoms. The van der Waals surface area contributed by atoms with Crippen LogP contribution in [0.15, 0.2) is 53.0 Å². The lowest BCUT2D eigenvalue weighted by Crippen LogP contribution is -2.59. The molecule has 1 heterocycles. The van der Waals surface area contributed by atoms with Gasteiger partial charge in [-0.2, -0.15) is 0 Å². The molecular formula is C27H29BrO10. The molecule has 0 N–H and O–H groups in total. The lowest BCUT2D eigenvalue weighted by Gasteiger charge is -2.44. The Labute approximate surface area is 228 Å². The number of ether oxygens (including phenoxy) is 6. The van der Waals surface area contributed by atoms with E-state index >= 15 is 0 Å². The van der Waals surface area contributed by atoms with E-state index in [1.807, 2.05) is 30.3 Å². The van der Waals surface area contributed by atoms with E-state index in [9.17, 15) is 19.2 Å². The fraction of sp³-hybridized carbons (Fsp3) is 0.407. The van der Waals surface area contributed by atoms with Gasteiger partial charge < -0.3 is 28.4 Å². The van der Waals surface area contributed by atoms with Gasteiger partial charge in [0, 0.05) is 37.7 Å². The molecule has 3 rings (SSSR count). The molecule has 1 fully saturated rings. The second kappa shape index (κ2) is 13.4. The van der Waals surface area contributed by atoms with E-state index in [1.165, 1.54) is 27.7 Å². The number of para-hydroxylation sites is 1. The summed E-state index contributed by atoms with van der Waals surface area (Å²) < 4.78 is 34.6. The summed E-state index contributed by atoms with van der Waals surface area (Å²) in [5.41, 5.74) is 1.33. The Kier molecular flexibility index (Phi) is 10.3. The predicted molar refractivity (Wildman–Crippen MR) is 136 cm³/mol. The molecule has 2 aromatic carbocycles. The van der Waals surface area contributed by atoms with E-state index in [0.717, 1.165) is 10.0 Å². The minimum atomic E-state index is -1.24. The minimum Gasteiger partial charge on any atom is -0.489 e. The van der Waals surface area contributed by atoms with Crippen molar-refractivity contribution in [3.63, 3.8) is 0 Å². The highest BCUT2D eigenvalue weighted by Gasteiger charge is 2.52. The number of halogens is 1. The third-order valence-corrected chi connectivity index (χ3v) is 6.30. The molecule has 1 aliphatic heterocycles. The number of carbonyl (C=O) groups excluding carboxylic acids is 4. The molecule has 10 nitrogen and oxygen atoms in total. The van der Waals surface area contributed by atoms with Crippen molar-refractivity contribution in [1.82, 2.24) is 0 Å². The van der Waals surface area contributed by atoms with Crippen LogP contribution < -0.4 is 4.74 Å². The van der Waals surface area contributed by atoms with Crippen LogP contribution in [0.5, 0.6) is 5.75 Å². The zero-order valence-corrected chi connectivity index (χ0v) is 23.0. The van der Waals surface area contributed by atoms with Crippen molar-refractivity contribution >= 4 is 39.8 Å². The van der Waals surface area contributed by atoms with Crippen LogP contribution in [0.2, 0.25) is 0 Å². The van der Waals surface area contributed by atoms with Crippen LogP contribution in [0.25, 0.3) is 0 Å². The summed E-state index contributed by atoms with van der Waals surface area (Å²) in [5, 5.41) is 0. The van der Waals surface area contributed by atoms with E-state index in [1.54, 1.807) is 18.2 Å². The monoisotopic (exact) mass is 592 g/mol. The average molecular weight is 593 g/mol. The van der Waals surface area contributed by atoms with E-state index < -0.39 is 54.4 Å². The molecule has 38 heavy (non-hydrogen) atoms. The molecule has 5 atom stereocenters. The summed E-state index contributed by atoms with van der Waals surface area (Å²) in [7, 11) is 0. The Morgan fingerprint density at radius 3 is 2.00 bits per heavy atom. The molecule has 204 valence electrons. The Bertz CT molecular complexity index is 1150. The van der Waals surface area contributed by atoms with Crippen LogP contribution in [-0.4, -0.2) is 54.9 Å². The van der Waals surface area contributed by atoms with Gasteiger partial charge in [0.05, 0.1) is 0 Å². The standard InChI is InChI=1S/C27H29BrO10/c1-15(29)33-14-23-25(35-16(2)30)27(37-18(4)32)26(36-17(3)31)24(38-23)19-10-11-22(28)20(12-19)13-34-21-8-6-5-7-9-21/h5-12,23-27H,13-14H2,1-4H3/t23-,24?,25-,26+,27+/m0/s1. The third-order valence-electron chi connectivity index (χ3n) is 5.53. The molecular weight excluding hydrogens is 564 g/mol. The Morgan fingerprint density at radius 2 is 1.39 bits per heavy atom. The Hall–Kier alpha value is -3.44. The van der Waals surface area contributed by atoms with Crippen LogP contribution in [-0.2, 0) is 49.5 Å². The summed E-state index contributed by atoms with van der Waals surface area (Å²) >= 11 is 3.53. The maximum Gasteiger partial charge on any atom is 0.303 e. The largest absolute Gasteiger partial charge is 0.489 e. The fourth-order valence-electron chi connectivity index (χ4n) is 4.06. The minimum absolute atomic E-state index is 0.212. The van der Waals surface area contributed by atoms with Gasteiger partial charge in [-0.05, 0) is 29.8 Å². The van der Waals surface area contributed by atoms with E-state index in [-0.39, 0.29) is 13.2 Å². The van der Waals surface area contributed by atoms with Crippen LogP contribution >= 0.6 is 15.9 Å². The topological polar surface area (TPSA) is 124 Å². The van der Waals surface area contributed by atoms with Gasteiger partial charge in [0.2, 0.25) is 0 Å². The SMILES string of the molecule is CC(=O)OC[C@@H]1OC(c2ccc(Br)c(COc3ccccc3)c2)[C@@H](OC(C)=O)[C@H](OC(C)=O)[C@H]1OC(C)=O. The van der Waals surface area contributed by atoms with Gasteiger partial charge in [0.1, 0.15) is 31.2 Å². The molecule has 0 bridgehead atoms. The number of esters is 4. The van der Waals surface area contributed by atoms with Crippen molar-refractivity contribution in [1.29, 1.82) is 0 Å². The van der Waals surface area contributed by atoms with Crippen LogP contribution in [0.3, 0.4) is 0 Å². The summed E-state index contributed by atoms with van der Waals surface area (Å²) in [6.07, 6.45) is -5.64. The van der Waals surface area contributed by atoms with Gasteiger partial charge in [-0.15, -0.1) is 0 Å². The third kappa shape index (κ3) is 8.03. The van der Waals surface area contributed by atoms with Crippen molar-refractivity contribution in [2.75, 3.05) is 6.61 Å². The van der Waals surface area contributed by atoms with Crippen LogP contribution in [0.1, 0.15) is 44.9 Å². The smallest absolute Gasteiger partial charge is 0.303 e. The molecule has 2 aromatic rings. The molecule has 1 unspecified atom stereocenters. The van der Waals surface area contributed by atoms with E-state index in [0.29, 0.717) is 11.3 Å². The van der Waals surface area contributed by atoms with Gasteiger partial charge in [-0.3, -0.25) is 19.2 Å². The maximum absolute atomic E-state index is 12.1. The van der Waals surface area contributed by atoms with Gasteiger partial charge in [-0.25, -0.2) is 0 Å². The molecule has 1 saturated heterocycles. The summed E-state index contributed by atoms with van der Waals surface area (Å²) in [6.45, 7) is 4.70. The van der Waals surface area contributed by atoms with Crippen LogP contribution in [0.4, 0.5) is 0 Å². The number of hydrogen-bond donors (Lipinski definition) is 0. The van der Waals surface area contributed by atoms with Crippen molar-refractivity contribution in [2.45, 2.75) is 64.8 Å². The van der Waals surface area contributed by atoms with Crippen LogP contribution in [0, 0.1) is 0 Å². The second-order valence-electron chi connectivity index (χ2n) is 8.57. The molecule has 0 aromatic heterocycles. The lowest BCUT2D eigenvalue weighted by atomic mass is 9.90. The van der Waals surface area contributed by atoms with Gasteiger partial charge in [-0.1, -0.05) is 40.2 Å². The Morgan fingerprint density at radius 1 is 0.789 bits per heavy atom. The molecule has 0 aliphatic carbocycles. The molecule has 0 amide bonds. The van der Waals surface area contributed by atoms with Crippen molar-refractivity contribution in [3.05, 3.63) is 64.1 Å². The second-order valence-corrected chi connectivity index (χ2v) is 9.43. The van der Waals surface area contributed by atoms with Crippen molar-refractivity contribution in [2.24, 2.45) is 0 Å². The molecule has 0 radical (unpaired) electrons. The van der Waals surface area contributed by atoms with E-state index in [4.69, 9.17) is 28.4 Å². The van der Waals surface area contributed by atoms with Gasteiger partial charge in [0.25, 0.3) is 0 Å². The molecule has 0 spiro atoms. The molecule has 1 aliphatic rings. The highest BCUT2D eigenvalue weighted by atomic mass is 79.9. The van der Waals surface area contributed by atoms with Gasteiger partial charge >= 0.3 is 23.9 Å². The maximum atomic E-state index is 12.1. The quantitative estimate of drug-likeness (QED) is 0.313. The molecule has 0 saturated carbocycles. The summed E-state index contributed by atoms with van der Waals surface area (Å²) in [4.78, 5) is 47.6. The number of hydrogen-bond acceptors (Lipinski definition) is 10. The fourth-order valence-corrected chi connectivity index (χ4v) is 4.42. The zero-order valence-electron chi connectivity index (χ0n) is 21.4. The first-order valence-corrected chi connectivity index (χ1v) is 12.6. The normalized spacial score (nSPS) is 22.6. The summed E-state index contributed by atoms with van der Waals surface area (Å²) in [6, 6.07) is 14.6. The van der Waals surface area contributed by atoms with Crippen molar-refractivity contribution < 1.29 is 47.6 Å². The highest BCUT2D eigenvalue weighted by Crippen LogP contribution is 2.38. The number of carbonyl (C=O) groups is 4. The van der Waals surface area contributed by atoms with Crippen molar-refractivity contribution in [3.8, 4) is 5.75 Å². The van der Waals surface area contributed by atoms with Gasteiger partial charge in [0.15, 0.2) is 18.3 Å². The zero-order chi connectivity index (χ0) is 27.8.